The van der Waals surface area contributed by atoms with Crippen LogP contribution in [0.5, 0.6) is 5.75 Å². The molecule has 8 heteroatoms. The van der Waals surface area contributed by atoms with Gasteiger partial charge in [-0.3, -0.25) is 0 Å². The van der Waals surface area contributed by atoms with Crippen molar-refractivity contribution in [2.24, 2.45) is 5.11 Å². The van der Waals surface area contributed by atoms with E-state index in [1.54, 1.807) is 13.2 Å². The summed E-state index contributed by atoms with van der Waals surface area (Å²) in [7, 11) is 1.60. The molecule has 0 spiro atoms. The molecule has 0 aromatic heterocycles. The molecule has 1 aromatic rings. The molecular formula is C16H21N3O5. The molecule has 0 bridgehead atoms. The van der Waals surface area contributed by atoms with Gasteiger partial charge < -0.3 is 24.1 Å². The average Bonchev–Trinajstić information content (AvgIpc) is 2.61. The quantitative estimate of drug-likeness (QED) is 0.339. The Morgan fingerprint density at radius 3 is 2.79 bits per heavy atom. The van der Waals surface area contributed by atoms with Gasteiger partial charge in [-0.2, -0.15) is 0 Å². The van der Waals surface area contributed by atoms with E-state index in [1.807, 2.05) is 24.3 Å². The first-order valence-electron chi connectivity index (χ1n) is 7.50. The molecule has 1 fully saturated rings. The molecule has 24 heavy (non-hydrogen) atoms. The van der Waals surface area contributed by atoms with Gasteiger partial charge in [-0.15, -0.1) is 6.58 Å². The Kier molecular flexibility index (Phi) is 7.05. The first kappa shape index (κ1) is 18.3. The van der Waals surface area contributed by atoms with Crippen LogP contribution in [0.25, 0.3) is 10.4 Å². The van der Waals surface area contributed by atoms with Gasteiger partial charge in [0.25, 0.3) is 0 Å². The Labute approximate surface area is 140 Å². The SMILES string of the molecule is C=CCOC1C(OCc2ccc(OC)cc2)COC(O)C1N=[N+]=[N-]. The summed E-state index contributed by atoms with van der Waals surface area (Å²) in [4.78, 5) is 2.75. The zero-order valence-corrected chi connectivity index (χ0v) is 13.4. The maximum absolute atomic E-state index is 9.87. The lowest BCUT2D eigenvalue weighted by atomic mass is 10.0. The van der Waals surface area contributed by atoms with E-state index >= 15 is 0 Å². The van der Waals surface area contributed by atoms with Crippen LogP contribution in [0.2, 0.25) is 0 Å². The molecule has 0 aliphatic carbocycles. The molecule has 2 rings (SSSR count). The van der Waals surface area contributed by atoms with Crippen LogP contribution in [-0.4, -0.2) is 50.0 Å². The Morgan fingerprint density at radius 1 is 1.42 bits per heavy atom. The zero-order valence-electron chi connectivity index (χ0n) is 13.4. The van der Waals surface area contributed by atoms with Gasteiger partial charge in [-0.25, -0.2) is 0 Å². The maximum atomic E-state index is 9.87. The van der Waals surface area contributed by atoms with Crippen molar-refractivity contribution < 1.29 is 24.1 Å². The maximum Gasteiger partial charge on any atom is 0.165 e. The predicted molar refractivity (Wildman–Crippen MR) is 86.4 cm³/mol. The van der Waals surface area contributed by atoms with Crippen LogP contribution in [0.3, 0.4) is 0 Å². The largest absolute Gasteiger partial charge is 0.497 e. The summed E-state index contributed by atoms with van der Waals surface area (Å²) in [6, 6.07) is 6.58. The topological polar surface area (TPSA) is 106 Å². The van der Waals surface area contributed by atoms with Crippen molar-refractivity contribution in [3.63, 3.8) is 0 Å². The second-order valence-electron chi connectivity index (χ2n) is 5.20. The monoisotopic (exact) mass is 335 g/mol. The number of hydrogen-bond donors (Lipinski definition) is 1. The highest BCUT2D eigenvalue weighted by atomic mass is 16.6. The molecule has 130 valence electrons. The molecule has 1 aliphatic rings. The van der Waals surface area contributed by atoms with Crippen LogP contribution in [-0.2, 0) is 20.8 Å². The lowest BCUT2D eigenvalue weighted by molar-refractivity contribution is -0.227. The fourth-order valence-corrected chi connectivity index (χ4v) is 2.40. The highest BCUT2D eigenvalue weighted by molar-refractivity contribution is 5.26. The van der Waals surface area contributed by atoms with Crippen LogP contribution >= 0.6 is 0 Å². The van der Waals surface area contributed by atoms with Crippen LogP contribution in [0, 0.1) is 0 Å². The minimum atomic E-state index is -1.23. The standard InChI is InChI=1S/C16H21N3O5/c1-3-8-22-15-13(10-24-16(20)14(15)18-19-17)23-9-11-4-6-12(21-2)7-5-11/h3-7,13-16,20H,1,8-10H2,2H3. The Morgan fingerprint density at radius 2 is 2.17 bits per heavy atom. The molecular weight excluding hydrogens is 314 g/mol. The second kappa shape index (κ2) is 9.27. The van der Waals surface area contributed by atoms with Crippen molar-refractivity contribution in [1.29, 1.82) is 0 Å². The van der Waals surface area contributed by atoms with E-state index in [-0.39, 0.29) is 13.2 Å². The number of ether oxygens (including phenoxy) is 4. The number of azide groups is 1. The number of nitrogens with zero attached hydrogens (tertiary/aromatic N) is 3. The third-order valence-electron chi connectivity index (χ3n) is 3.64. The third-order valence-corrected chi connectivity index (χ3v) is 3.64. The van der Waals surface area contributed by atoms with E-state index in [0.29, 0.717) is 6.61 Å². The summed E-state index contributed by atoms with van der Waals surface area (Å²) >= 11 is 0. The minimum absolute atomic E-state index is 0.135. The fraction of sp³-hybridized carbons (Fsp3) is 0.500. The fourth-order valence-electron chi connectivity index (χ4n) is 2.40. The lowest BCUT2D eigenvalue weighted by Gasteiger charge is -2.38. The summed E-state index contributed by atoms with van der Waals surface area (Å²) < 4.78 is 21.8. The number of methoxy groups -OCH3 is 1. The van der Waals surface area contributed by atoms with Crippen LogP contribution in [0.15, 0.2) is 42.0 Å². The molecule has 0 amide bonds. The molecule has 1 N–H and O–H groups in total. The van der Waals surface area contributed by atoms with Gasteiger partial charge in [-0.1, -0.05) is 23.3 Å². The number of benzene rings is 1. The molecule has 4 unspecified atom stereocenters. The first-order chi connectivity index (χ1) is 11.7. The van der Waals surface area contributed by atoms with Crippen LogP contribution < -0.4 is 4.74 Å². The number of hydrogen-bond acceptors (Lipinski definition) is 6. The normalized spacial score (nSPS) is 26.4. The third kappa shape index (κ3) is 4.70. The van der Waals surface area contributed by atoms with E-state index in [1.165, 1.54) is 0 Å². The van der Waals surface area contributed by atoms with Crippen molar-refractivity contribution >= 4 is 0 Å². The second-order valence-corrected chi connectivity index (χ2v) is 5.20. The Bertz CT molecular complexity index is 574. The van der Waals surface area contributed by atoms with E-state index in [9.17, 15) is 5.11 Å². The number of aliphatic hydroxyl groups is 1. The number of aliphatic hydroxyl groups excluding tert-OH is 1. The Hall–Kier alpha value is -2.09. The van der Waals surface area contributed by atoms with Crippen molar-refractivity contribution in [3.8, 4) is 5.75 Å². The molecule has 1 saturated heterocycles. The van der Waals surface area contributed by atoms with E-state index in [4.69, 9.17) is 24.5 Å². The average molecular weight is 335 g/mol. The van der Waals surface area contributed by atoms with Gasteiger partial charge in [0.05, 0.1) is 33.0 Å². The predicted octanol–water partition coefficient (Wildman–Crippen LogP) is 2.18. The van der Waals surface area contributed by atoms with E-state index < -0.39 is 24.5 Å². The number of rotatable bonds is 8. The van der Waals surface area contributed by atoms with Crippen LogP contribution in [0.4, 0.5) is 0 Å². The minimum Gasteiger partial charge on any atom is -0.497 e. The van der Waals surface area contributed by atoms with Crippen molar-refractivity contribution in [2.45, 2.75) is 31.1 Å². The van der Waals surface area contributed by atoms with E-state index in [2.05, 4.69) is 16.6 Å². The zero-order chi connectivity index (χ0) is 17.4. The molecule has 8 nitrogen and oxygen atoms in total. The molecule has 1 heterocycles. The van der Waals surface area contributed by atoms with Gasteiger partial charge in [-0.05, 0) is 23.2 Å². The highest BCUT2D eigenvalue weighted by Gasteiger charge is 2.40. The van der Waals surface area contributed by atoms with Gasteiger partial charge in [0, 0.05) is 4.91 Å². The summed E-state index contributed by atoms with van der Waals surface area (Å²) in [6.45, 7) is 4.30. The van der Waals surface area contributed by atoms with Gasteiger partial charge in [0.2, 0.25) is 0 Å². The summed E-state index contributed by atoms with van der Waals surface area (Å²) in [5.74, 6) is 0.762. The lowest BCUT2D eigenvalue weighted by Crippen LogP contribution is -2.54. The molecule has 1 aromatic carbocycles. The molecule has 0 radical (unpaired) electrons. The van der Waals surface area contributed by atoms with Crippen molar-refractivity contribution in [3.05, 3.63) is 52.9 Å². The summed E-state index contributed by atoms with van der Waals surface area (Å²) in [6.07, 6.45) is -0.751. The molecule has 1 aliphatic heterocycles. The van der Waals surface area contributed by atoms with Crippen LogP contribution in [0.1, 0.15) is 5.56 Å². The van der Waals surface area contributed by atoms with Gasteiger partial charge in [0.15, 0.2) is 6.29 Å². The van der Waals surface area contributed by atoms with Crippen molar-refractivity contribution in [1.82, 2.24) is 0 Å². The Balaban J connectivity index is 2.04. The highest BCUT2D eigenvalue weighted by Crippen LogP contribution is 2.24. The van der Waals surface area contributed by atoms with Crippen molar-refractivity contribution in [2.75, 3.05) is 20.3 Å². The molecule has 0 saturated carbocycles. The van der Waals surface area contributed by atoms with E-state index in [0.717, 1.165) is 11.3 Å². The first-order valence-corrected chi connectivity index (χ1v) is 7.50. The smallest absolute Gasteiger partial charge is 0.165 e. The van der Waals surface area contributed by atoms with Gasteiger partial charge >= 0.3 is 0 Å². The summed E-state index contributed by atoms with van der Waals surface area (Å²) in [5.41, 5.74) is 9.64. The summed E-state index contributed by atoms with van der Waals surface area (Å²) in [5, 5.41) is 13.4. The van der Waals surface area contributed by atoms with Gasteiger partial charge in [0.1, 0.15) is 17.9 Å². The molecule has 4 atom stereocenters.